The molecule has 148 valence electrons. The van der Waals surface area contributed by atoms with Crippen LogP contribution in [0.5, 0.6) is 11.5 Å². The normalized spacial score (nSPS) is 30.2. The molecule has 4 nitrogen and oxygen atoms in total. The van der Waals surface area contributed by atoms with Gasteiger partial charge in [-0.3, -0.25) is 4.79 Å². The van der Waals surface area contributed by atoms with Crippen molar-refractivity contribution in [3.05, 3.63) is 46.2 Å². The van der Waals surface area contributed by atoms with Gasteiger partial charge >= 0.3 is 0 Å². The Morgan fingerprint density at radius 1 is 1.11 bits per heavy atom. The minimum absolute atomic E-state index is 0.0626. The van der Waals surface area contributed by atoms with Gasteiger partial charge in [0.05, 0.1) is 12.0 Å². The first kappa shape index (κ1) is 18.0. The van der Waals surface area contributed by atoms with Crippen LogP contribution >= 0.6 is 11.3 Å². The van der Waals surface area contributed by atoms with E-state index < -0.39 is 0 Å². The summed E-state index contributed by atoms with van der Waals surface area (Å²) in [6, 6.07) is 9.56. The molecule has 0 unspecified atom stereocenters. The Balaban J connectivity index is 1.22. The van der Waals surface area contributed by atoms with Crippen LogP contribution in [0.3, 0.4) is 0 Å². The van der Waals surface area contributed by atoms with Crippen LogP contribution in [-0.2, 0) is 6.61 Å². The lowest BCUT2D eigenvalue weighted by Crippen LogP contribution is -2.59. The lowest BCUT2D eigenvalue weighted by atomic mass is 9.53. The van der Waals surface area contributed by atoms with E-state index in [1.807, 2.05) is 35.7 Å². The fraction of sp³-hybridized carbons (Fsp3) is 0.522. The van der Waals surface area contributed by atoms with Crippen molar-refractivity contribution < 1.29 is 14.3 Å². The van der Waals surface area contributed by atoms with Crippen LogP contribution in [0.4, 0.5) is 0 Å². The molecule has 4 fully saturated rings. The summed E-state index contributed by atoms with van der Waals surface area (Å²) in [4.78, 5) is 13.7. The molecule has 1 N–H and O–H groups in total. The topological polar surface area (TPSA) is 47.6 Å². The maximum absolute atomic E-state index is 12.9. The van der Waals surface area contributed by atoms with E-state index in [0.717, 1.165) is 39.7 Å². The second kappa shape index (κ2) is 7.11. The van der Waals surface area contributed by atoms with Crippen molar-refractivity contribution in [1.82, 2.24) is 5.32 Å². The van der Waals surface area contributed by atoms with E-state index >= 15 is 0 Å². The predicted molar refractivity (Wildman–Crippen MR) is 110 cm³/mol. The SMILES string of the molecule is COc1cccc(OCc2csc(C(=O)NC34CC5CC(CC(C5)C3)C4)c2)c1. The highest BCUT2D eigenvalue weighted by atomic mass is 32.1. The van der Waals surface area contributed by atoms with Gasteiger partial charge in [0.1, 0.15) is 18.1 Å². The molecule has 1 aromatic heterocycles. The van der Waals surface area contributed by atoms with Gasteiger partial charge in [0, 0.05) is 17.2 Å². The molecule has 1 aromatic carbocycles. The molecule has 4 saturated carbocycles. The molecule has 6 rings (SSSR count). The van der Waals surface area contributed by atoms with E-state index in [1.54, 1.807) is 7.11 Å². The zero-order valence-electron chi connectivity index (χ0n) is 16.3. The molecule has 1 heterocycles. The first-order chi connectivity index (χ1) is 13.6. The molecule has 5 heteroatoms. The molecule has 4 aliphatic carbocycles. The second-order valence-corrected chi connectivity index (χ2v) is 9.85. The summed E-state index contributed by atoms with van der Waals surface area (Å²) in [5.74, 6) is 4.15. The minimum Gasteiger partial charge on any atom is -0.497 e. The zero-order chi connectivity index (χ0) is 19.1. The highest BCUT2D eigenvalue weighted by molar-refractivity contribution is 7.12. The van der Waals surface area contributed by atoms with Crippen molar-refractivity contribution in [1.29, 1.82) is 0 Å². The molecule has 0 spiro atoms. The Morgan fingerprint density at radius 3 is 2.46 bits per heavy atom. The van der Waals surface area contributed by atoms with Gasteiger partial charge in [-0.15, -0.1) is 11.3 Å². The number of amides is 1. The van der Waals surface area contributed by atoms with Crippen molar-refractivity contribution in [3.8, 4) is 11.5 Å². The third kappa shape index (κ3) is 3.52. The van der Waals surface area contributed by atoms with Gasteiger partial charge in [-0.05, 0) is 79.9 Å². The zero-order valence-corrected chi connectivity index (χ0v) is 17.1. The van der Waals surface area contributed by atoms with Gasteiger partial charge in [0.25, 0.3) is 5.91 Å². The van der Waals surface area contributed by atoms with Gasteiger partial charge in [0.2, 0.25) is 0 Å². The highest BCUT2D eigenvalue weighted by Crippen LogP contribution is 2.55. The molecule has 0 atom stereocenters. The number of ether oxygens (including phenoxy) is 2. The lowest BCUT2D eigenvalue weighted by Gasteiger charge is -2.56. The van der Waals surface area contributed by atoms with Crippen LogP contribution in [0.1, 0.15) is 53.8 Å². The molecule has 0 saturated heterocycles. The second-order valence-electron chi connectivity index (χ2n) is 8.94. The summed E-state index contributed by atoms with van der Waals surface area (Å²) >= 11 is 1.51. The summed E-state index contributed by atoms with van der Waals surface area (Å²) < 4.78 is 11.1. The minimum atomic E-state index is 0.0626. The average molecular weight is 398 g/mol. The quantitative estimate of drug-likeness (QED) is 0.743. The van der Waals surface area contributed by atoms with Crippen molar-refractivity contribution in [2.24, 2.45) is 17.8 Å². The number of rotatable bonds is 6. The van der Waals surface area contributed by atoms with Gasteiger partial charge in [-0.25, -0.2) is 0 Å². The molecule has 0 radical (unpaired) electrons. The molecule has 4 bridgehead atoms. The van der Waals surface area contributed by atoms with Crippen molar-refractivity contribution >= 4 is 17.2 Å². The van der Waals surface area contributed by atoms with Gasteiger partial charge in [-0.2, -0.15) is 0 Å². The Labute approximate surface area is 170 Å². The monoisotopic (exact) mass is 397 g/mol. The van der Waals surface area contributed by atoms with E-state index in [1.165, 1.54) is 49.9 Å². The van der Waals surface area contributed by atoms with Crippen molar-refractivity contribution in [2.75, 3.05) is 7.11 Å². The number of carbonyl (C=O) groups excluding carboxylic acids is 1. The van der Waals surface area contributed by atoms with Gasteiger partial charge in [-0.1, -0.05) is 6.07 Å². The van der Waals surface area contributed by atoms with Crippen LogP contribution in [0.2, 0.25) is 0 Å². The fourth-order valence-corrected chi connectivity index (χ4v) is 6.79. The number of thiophene rings is 1. The first-order valence-electron chi connectivity index (χ1n) is 10.3. The Bertz CT molecular complexity index is 839. The highest BCUT2D eigenvalue weighted by Gasteiger charge is 2.51. The molecule has 28 heavy (non-hydrogen) atoms. The van der Waals surface area contributed by atoms with E-state index in [0.29, 0.717) is 6.61 Å². The number of benzene rings is 1. The predicted octanol–water partition coefficient (Wildman–Crippen LogP) is 5.03. The molecular formula is C23H27NO3S. The Morgan fingerprint density at radius 2 is 1.79 bits per heavy atom. The number of methoxy groups -OCH3 is 1. The number of hydrogen-bond donors (Lipinski definition) is 1. The van der Waals surface area contributed by atoms with Gasteiger partial charge < -0.3 is 14.8 Å². The Kier molecular flexibility index (Phi) is 4.58. The number of nitrogens with one attached hydrogen (secondary N) is 1. The molecular weight excluding hydrogens is 370 g/mol. The van der Waals surface area contributed by atoms with Crippen LogP contribution in [-0.4, -0.2) is 18.6 Å². The summed E-state index contributed by atoms with van der Waals surface area (Å²) in [6.45, 7) is 0.453. The molecule has 0 aliphatic heterocycles. The Hall–Kier alpha value is -2.01. The molecule has 4 aliphatic rings. The largest absolute Gasteiger partial charge is 0.497 e. The first-order valence-corrected chi connectivity index (χ1v) is 11.2. The molecule has 2 aromatic rings. The standard InChI is InChI=1S/C23H27NO3S/c1-26-19-3-2-4-20(9-19)27-13-18-8-21(28-14-18)22(25)24-23-10-15-5-16(11-23)7-17(6-15)12-23/h2-4,8-9,14-17H,5-7,10-13H2,1H3,(H,24,25). The average Bonchev–Trinajstić information content (AvgIpc) is 3.14. The van der Waals surface area contributed by atoms with E-state index in [4.69, 9.17) is 9.47 Å². The maximum atomic E-state index is 12.9. The van der Waals surface area contributed by atoms with E-state index in [2.05, 4.69) is 5.32 Å². The van der Waals surface area contributed by atoms with E-state index in [9.17, 15) is 4.79 Å². The fourth-order valence-electron chi connectivity index (χ4n) is 5.99. The van der Waals surface area contributed by atoms with Gasteiger partial charge in [0.15, 0.2) is 0 Å². The van der Waals surface area contributed by atoms with Crippen LogP contribution in [0.15, 0.2) is 35.7 Å². The third-order valence-corrected chi connectivity index (χ3v) is 7.72. The maximum Gasteiger partial charge on any atom is 0.261 e. The summed E-state index contributed by atoms with van der Waals surface area (Å²) in [7, 11) is 1.65. The van der Waals surface area contributed by atoms with Crippen LogP contribution in [0.25, 0.3) is 0 Å². The summed E-state index contributed by atoms with van der Waals surface area (Å²) in [5, 5.41) is 5.48. The number of carbonyl (C=O) groups is 1. The van der Waals surface area contributed by atoms with Crippen LogP contribution < -0.4 is 14.8 Å². The summed E-state index contributed by atoms with van der Waals surface area (Å²) in [5.41, 5.74) is 1.09. The summed E-state index contributed by atoms with van der Waals surface area (Å²) in [6.07, 6.45) is 7.71. The van der Waals surface area contributed by atoms with Crippen molar-refractivity contribution in [2.45, 2.75) is 50.7 Å². The molecule has 1 amide bonds. The van der Waals surface area contributed by atoms with Crippen molar-refractivity contribution in [3.63, 3.8) is 0 Å². The third-order valence-electron chi connectivity index (χ3n) is 6.74. The van der Waals surface area contributed by atoms with Crippen LogP contribution in [0, 0.1) is 17.8 Å². The lowest BCUT2D eigenvalue weighted by molar-refractivity contribution is -0.0166. The van der Waals surface area contributed by atoms with E-state index in [-0.39, 0.29) is 11.4 Å². The smallest absolute Gasteiger partial charge is 0.261 e. The number of hydrogen-bond acceptors (Lipinski definition) is 4.